The highest BCUT2D eigenvalue weighted by Gasteiger charge is 2.27. The predicted molar refractivity (Wildman–Crippen MR) is 104 cm³/mol. The minimum atomic E-state index is -0.734. The van der Waals surface area contributed by atoms with Gasteiger partial charge in [0.15, 0.2) is 12.9 Å². The van der Waals surface area contributed by atoms with Crippen molar-refractivity contribution < 1.29 is 16.0 Å². The molecule has 0 amide bonds. The Bertz CT molecular complexity index is 775. The smallest absolute Gasteiger partial charge is 0.336 e. The van der Waals surface area contributed by atoms with Crippen LogP contribution in [0.5, 0.6) is 6.01 Å². The lowest BCUT2D eigenvalue weighted by Crippen LogP contribution is -2.23. The fraction of sp³-hybridized carbons (Fsp3) is 0.706. The molecule has 2 aromatic heterocycles. The molecule has 0 saturated carbocycles. The molecule has 1 saturated heterocycles. The van der Waals surface area contributed by atoms with Gasteiger partial charge in [0.25, 0.3) is 0 Å². The van der Waals surface area contributed by atoms with Crippen molar-refractivity contribution in [3.63, 3.8) is 0 Å². The summed E-state index contributed by atoms with van der Waals surface area (Å²) in [7, 11) is 6.85. The second kappa shape index (κ2) is 9.41. The van der Waals surface area contributed by atoms with Crippen molar-refractivity contribution in [1.82, 2.24) is 19.6 Å². The number of aliphatic hydroxyl groups is 1. The summed E-state index contributed by atoms with van der Waals surface area (Å²) >= 11 is 0. The lowest BCUT2D eigenvalue weighted by atomic mass is 9.56. The Kier molecular flexibility index (Phi) is 6.47. The molecule has 2 N–H and O–H groups in total. The third kappa shape index (κ3) is 4.73. The standard InChI is InChI=1S/C17H26B2N5O3/c1-3-4-11(2)27-17-22-15(21-10-19-18)16-20-9-13(24(16)23-17)14(25)12-5-7-26-8-6-12/h9,11-12,14,25H,3-8,10H2,1-2H3,(H,21,22,23)/i/hD. The summed E-state index contributed by atoms with van der Waals surface area (Å²) in [5, 5.41) is 16.5. The van der Waals surface area contributed by atoms with Crippen LogP contribution in [0.1, 0.15) is 51.3 Å². The first-order valence-electron chi connectivity index (χ1n) is 9.97. The maximum absolute atomic E-state index is 10.9. The maximum atomic E-state index is 10.9. The van der Waals surface area contributed by atoms with Crippen LogP contribution in [-0.4, -0.2) is 65.4 Å². The summed E-state index contributed by atoms with van der Waals surface area (Å²) in [4.78, 5) is 8.74. The molecular weight excluding hydrogens is 344 g/mol. The van der Waals surface area contributed by atoms with E-state index < -0.39 is 6.10 Å². The van der Waals surface area contributed by atoms with E-state index in [0.717, 1.165) is 31.0 Å². The van der Waals surface area contributed by atoms with Gasteiger partial charge in [-0.15, -0.1) is 5.10 Å². The number of fused-ring (bicyclic) bond motifs is 1. The van der Waals surface area contributed by atoms with Gasteiger partial charge in [-0.1, -0.05) is 13.3 Å². The van der Waals surface area contributed by atoms with Gasteiger partial charge in [-0.3, -0.25) is 0 Å². The third-order valence-corrected chi connectivity index (χ3v) is 4.72. The average Bonchev–Trinajstić information content (AvgIpc) is 3.11. The first-order chi connectivity index (χ1) is 13.5. The second-order valence-electron chi connectivity index (χ2n) is 6.82. The number of imidazole rings is 1. The van der Waals surface area contributed by atoms with E-state index in [-0.39, 0.29) is 30.3 Å². The Morgan fingerprint density at radius 2 is 2.33 bits per heavy atom. The van der Waals surface area contributed by atoms with Crippen LogP contribution in [0.4, 0.5) is 5.82 Å². The fourth-order valence-electron chi connectivity index (χ4n) is 3.28. The van der Waals surface area contributed by atoms with Crippen molar-refractivity contribution in [3.8, 4) is 6.01 Å². The second-order valence-corrected chi connectivity index (χ2v) is 6.82. The largest absolute Gasteiger partial charge is 0.459 e. The molecule has 1 aliphatic heterocycles. The summed E-state index contributed by atoms with van der Waals surface area (Å²) in [5.74, 6) is 0.348. The van der Waals surface area contributed by atoms with Gasteiger partial charge in [0.05, 0.1) is 25.2 Å². The zero-order chi connectivity index (χ0) is 20.1. The van der Waals surface area contributed by atoms with E-state index in [1.165, 1.54) is 11.7 Å². The van der Waals surface area contributed by atoms with Gasteiger partial charge >= 0.3 is 6.01 Å². The van der Waals surface area contributed by atoms with Crippen LogP contribution in [0.3, 0.4) is 0 Å². The van der Waals surface area contributed by atoms with Crippen molar-refractivity contribution in [1.29, 1.82) is 0 Å². The molecule has 143 valence electrons. The van der Waals surface area contributed by atoms with Crippen LogP contribution >= 0.6 is 0 Å². The number of anilines is 1. The van der Waals surface area contributed by atoms with Crippen LogP contribution in [-0.2, 0) is 4.74 Å². The quantitative estimate of drug-likeness (QED) is 0.642. The number of rotatable bonds is 9. The molecule has 2 atom stereocenters. The zero-order valence-electron chi connectivity index (χ0n) is 16.9. The Morgan fingerprint density at radius 3 is 3.04 bits per heavy atom. The summed E-state index contributed by atoms with van der Waals surface area (Å²) < 4.78 is 21.0. The molecule has 8 nitrogen and oxygen atoms in total. The normalized spacial score (nSPS) is 18.1. The topological polar surface area (TPSA) is 93.8 Å². The highest BCUT2D eigenvalue weighted by molar-refractivity contribution is 6.89. The molecule has 1 aliphatic rings. The van der Waals surface area contributed by atoms with Gasteiger partial charge in [-0.05, 0) is 38.5 Å². The van der Waals surface area contributed by atoms with Crippen molar-refractivity contribution >= 4 is 26.4 Å². The molecule has 3 heterocycles. The maximum Gasteiger partial charge on any atom is 0.336 e. The number of hydrogen-bond acceptors (Lipinski definition) is 7. The molecule has 2 unspecified atom stereocenters. The molecule has 0 aromatic carbocycles. The van der Waals surface area contributed by atoms with Crippen LogP contribution in [0, 0.1) is 5.92 Å². The number of nitrogens with zero attached hydrogens (tertiary/aromatic N) is 4. The lowest BCUT2D eigenvalue weighted by Gasteiger charge is -2.26. The van der Waals surface area contributed by atoms with Gasteiger partial charge in [0.1, 0.15) is 6.10 Å². The van der Waals surface area contributed by atoms with E-state index in [4.69, 9.17) is 18.6 Å². The lowest BCUT2D eigenvalue weighted by molar-refractivity contribution is 0.00483. The van der Waals surface area contributed by atoms with Gasteiger partial charge in [0.2, 0.25) is 0 Å². The van der Waals surface area contributed by atoms with Gasteiger partial charge in [0, 0.05) is 21.0 Å². The highest BCUT2D eigenvalue weighted by atomic mass is 16.5. The van der Waals surface area contributed by atoms with Crippen LogP contribution in [0.2, 0.25) is 1.41 Å². The molecule has 0 spiro atoms. The first kappa shape index (κ1) is 18.6. The van der Waals surface area contributed by atoms with E-state index in [1.807, 2.05) is 6.92 Å². The molecule has 0 bridgehead atoms. The zero-order valence-corrected chi connectivity index (χ0v) is 15.9. The molecule has 2 aromatic rings. The van der Waals surface area contributed by atoms with E-state index >= 15 is 0 Å². The molecule has 0 aliphatic carbocycles. The van der Waals surface area contributed by atoms with E-state index in [2.05, 4.69) is 22.0 Å². The number of aromatic nitrogens is 4. The molecule has 3 rings (SSSR count). The Balaban J connectivity index is 1.99. The molecule has 3 radical (unpaired) electrons. The third-order valence-electron chi connectivity index (χ3n) is 4.72. The first-order valence-corrected chi connectivity index (χ1v) is 9.53. The minimum absolute atomic E-state index is 0.0667. The summed E-state index contributed by atoms with van der Waals surface area (Å²) in [6.07, 6.45) is 4.34. The van der Waals surface area contributed by atoms with E-state index in [9.17, 15) is 5.11 Å². The monoisotopic (exact) mass is 371 g/mol. The van der Waals surface area contributed by atoms with Crippen molar-refractivity contribution in [2.45, 2.75) is 51.7 Å². The SMILES string of the molecule is [2H]N(C[B][B])c1nc(OC(C)CCC)nn2c(C(O)C3CCOCC3)cnc12. The fourth-order valence-corrected chi connectivity index (χ4v) is 3.28. The van der Waals surface area contributed by atoms with Gasteiger partial charge in [-0.2, -0.15) is 4.98 Å². The number of aliphatic hydroxyl groups excluding tert-OH is 1. The van der Waals surface area contributed by atoms with Crippen molar-refractivity contribution in [3.05, 3.63) is 11.9 Å². The van der Waals surface area contributed by atoms with Crippen molar-refractivity contribution in [2.24, 2.45) is 5.92 Å². The van der Waals surface area contributed by atoms with Crippen molar-refractivity contribution in [2.75, 3.05) is 25.0 Å². The van der Waals surface area contributed by atoms with Gasteiger partial charge < -0.3 is 19.9 Å². The molecule has 1 fully saturated rings. The Morgan fingerprint density at radius 1 is 1.56 bits per heavy atom. The average molecular weight is 371 g/mol. The summed E-state index contributed by atoms with van der Waals surface area (Å²) in [6.45, 7) is 5.30. The number of nitrogens with one attached hydrogen (secondary N) is 1. The molecular formula is C17H26B2N5O3. The highest BCUT2D eigenvalue weighted by Crippen LogP contribution is 2.31. The molecule has 10 heteroatoms. The molecule has 27 heavy (non-hydrogen) atoms. The van der Waals surface area contributed by atoms with Crippen LogP contribution in [0.25, 0.3) is 5.65 Å². The van der Waals surface area contributed by atoms with Crippen LogP contribution in [0.15, 0.2) is 6.20 Å². The van der Waals surface area contributed by atoms with E-state index in [0.29, 0.717) is 24.6 Å². The Labute approximate surface area is 163 Å². The number of ether oxygens (including phenoxy) is 2. The Hall–Kier alpha value is -1.80. The van der Waals surface area contributed by atoms with E-state index in [1.54, 1.807) is 6.20 Å². The summed E-state index contributed by atoms with van der Waals surface area (Å²) in [6, 6.07) is 0.149. The van der Waals surface area contributed by atoms with Gasteiger partial charge in [-0.25, -0.2) is 9.50 Å². The van der Waals surface area contributed by atoms with Crippen LogP contribution < -0.4 is 10.0 Å². The minimum Gasteiger partial charge on any atom is -0.459 e. The predicted octanol–water partition coefficient (Wildman–Crippen LogP) is 1.31. The number of hydrogen-bond donors (Lipinski definition) is 2. The summed E-state index contributed by atoms with van der Waals surface area (Å²) in [5.41, 5.74) is 0.942.